The van der Waals surface area contributed by atoms with E-state index in [4.69, 9.17) is 0 Å². The van der Waals surface area contributed by atoms with Crippen LogP contribution in [-0.4, -0.2) is 15.1 Å². The van der Waals surface area contributed by atoms with E-state index in [1.165, 1.54) is 0 Å². The highest BCUT2D eigenvalue weighted by atomic mass is 16.3. The lowest BCUT2D eigenvalue weighted by Gasteiger charge is -2.10. The van der Waals surface area contributed by atoms with Gasteiger partial charge in [-0.1, -0.05) is 13.8 Å². The summed E-state index contributed by atoms with van der Waals surface area (Å²) in [5, 5.41) is 9.35. The van der Waals surface area contributed by atoms with Gasteiger partial charge in [-0.25, -0.2) is 9.97 Å². The Morgan fingerprint density at radius 1 is 1.31 bits per heavy atom. The SMILES string of the molecule is Cc1nc(C(C)C)ncc1[C@H](C)O. The van der Waals surface area contributed by atoms with Gasteiger partial charge in [0.1, 0.15) is 5.82 Å². The van der Waals surface area contributed by atoms with E-state index >= 15 is 0 Å². The Labute approximate surface area is 78.9 Å². The van der Waals surface area contributed by atoms with Gasteiger partial charge in [-0.3, -0.25) is 0 Å². The molecule has 0 aliphatic rings. The van der Waals surface area contributed by atoms with Crippen LogP contribution in [0.1, 0.15) is 49.9 Å². The average Bonchev–Trinajstić information content (AvgIpc) is 2.03. The van der Waals surface area contributed by atoms with Crippen LogP contribution in [0.25, 0.3) is 0 Å². The monoisotopic (exact) mass is 180 g/mol. The number of aliphatic hydroxyl groups is 1. The zero-order chi connectivity index (χ0) is 10.0. The molecular formula is C10H16N2O. The molecule has 0 radical (unpaired) electrons. The van der Waals surface area contributed by atoms with Gasteiger partial charge in [0.25, 0.3) is 0 Å². The van der Waals surface area contributed by atoms with E-state index in [0.717, 1.165) is 17.1 Å². The number of aromatic nitrogens is 2. The fraction of sp³-hybridized carbons (Fsp3) is 0.600. The molecule has 0 aliphatic carbocycles. The molecule has 72 valence electrons. The topological polar surface area (TPSA) is 46.0 Å². The Morgan fingerprint density at radius 3 is 2.31 bits per heavy atom. The summed E-state index contributed by atoms with van der Waals surface area (Å²) < 4.78 is 0. The predicted octanol–water partition coefficient (Wildman–Crippen LogP) is 1.96. The van der Waals surface area contributed by atoms with Gasteiger partial charge in [0, 0.05) is 23.4 Å². The first kappa shape index (κ1) is 10.1. The van der Waals surface area contributed by atoms with Crippen molar-refractivity contribution in [3.63, 3.8) is 0 Å². The van der Waals surface area contributed by atoms with Gasteiger partial charge >= 0.3 is 0 Å². The lowest BCUT2D eigenvalue weighted by Crippen LogP contribution is -2.04. The van der Waals surface area contributed by atoms with E-state index in [9.17, 15) is 5.11 Å². The summed E-state index contributed by atoms with van der Waals surface area (Å²) in [5.41, 5.74) is 1.68. The van der Waals surface area contributed by atoms with E-state index in [2.05, 4.69) is 23.8 Å². The Morgan fingerprint density at radius 2 is 1.92 bits per heavy atom. The Balaban J connectivity index is 3.06. The number of hydrogen-bond donors (Lipinski definition) is 1. The third-order valence-corrected chi connectivity index (χ3v) is 2.00. The molecule has 0 bridgehead atoms. The van der Waals surface area contributed by atoms with Crippen molar-refractivity contribution in [1.82, 2.24) is 9.97 Å². The van der Waals surface area contributed by atoms with Crippen LogP contribution in [0, 0.1) is 6.92 Å². The van der Waals surface area contributed by atoms with Gasteiger partial charge in [0.2, 0.25) is 0 Å². The van der Waals surface area contributed by atoms with Crippen LogP contribution in [0.4, 0.5) is 0 Å². The summed E-state index contributed by atoms with van der Waals surface area (Å²) in [5.74, 6) is 1.17. The summed E-state index contributed by atoms with van der Waals surface area (Å²) >= 11 is 0. The predicted molar refractivity (Wildman–Crippen MR) is 51.5 cm³/mol. The molecule has 13 heavy (non-hydrogen) atoms. The van der Waals surface area contributed by atoms with Gasteiger partial charge in [-0.15, -0.1) is 0 Å². The van der Waals surface area contributed by atoms with Gasteiger partial charge in [0.05, 0.1) is 6.10 Å². The summed E-state index contributed by atoms with van der Waals surface area (Å²) in [6, 6.07) is 0. The van der Waals surface area contributed by atoms with Crippen molar-refractivity contribution in [2.45, 2.75) is 39.7 Å². The zero-order valence-electron chi connectivity index (χ0n) is 8.57. The number of rotatable bonds is 2. The molecule has 1 aromatic heterocycles. The summed E-state index contributed by atoms with van der Waals surface area (Å²) in [6.07, 6.45) is 1.23. The average molecular weight is 180 g/mol. The Bertz CT molecular complexity index is 295. The number of nitrogens with zero attached hydrogens (tertiary/aromatic N) is 2. The molecule has 0 unspecified atom stereocenters. The Hall–Kier alpha value is -0.960. The number of aliphatic hydroxyl groups excluding tert-OH is 1. The summed E-state index contributed by atoms with van der Waals surface area (Å²) in [6.45, 7) is 7.73. The van der Waals surface area contributed by atoms with Crippen molar-refractivity contribution in [2.24, 2.45) is 0 Å². The van der Waals surface area contributed by atoms with Crippen LogP contribution in [0.5, 0.6) is 0 Å². The van der Waals surface area contributed by atoms with Crippen molar-refractivity contribution in [3.05, 3.63) is 23.3 Å². The van der Waals surface area contributed by atoms with Crippen LogP contribution < -0.4 is 0 Å². The van der Waals surface area contributed by atoms with Gasteiger partial charge in [-0.2, -0.15) is 0 Å². The second-order valence-corrected chi connectivity index (χ2v) is 3.60. The smallest absolute Gasteiger partial charge is 0.131 e. The highest BCUT2D eigenvalue weighted by Gasteiger charge is 2.09. The summed E-state index contributed by atoms with van der Waals surface area (Å²) in [7, 11) is 0. The van der Waals surface area contributed by atoms with Gasteiger partial charge in [-0.05, 0) is 13.8 Å². The van der Waals surface area contributed by atoms with Crippen molar-refractivity contribution < 1.29 is 5.11 Å². The van der Waals surface area contributed by atoms with Gasteiger partial charge < -0.3 is 5.11 Å². The highest BCUT2D eigenvalue weighted by Crippen LogP contribution is 2.16. The second kappa shape index (κ2) is 3.83. The lowest BCUT2D eigenvalue weighted by atomic mass is 10.1. The molecule has 0 aliphatic heterocycles. The number of aryl methyl sites for hydroxylation is 1. The molecule has 0 saturated heterocycles. The van der Waals surface area contributed by atoms with Crippen LogP contribution in [0.2, 0.25) is 0 Å². The van der Waals surface area contributed by atoms with Crippen LogP contribution in [0.3, 0.4) is 0 Å². The van der Waals surface area contributed by atoms with E-state index < -0.39 is 6.10 Å². The van der Waals surface area contributed by atoms with E-state index in [0.29, 0.717) is 5.92 Å². The maximum Gasteiger partial charge on any atom is 0.131 e. The zero-order valence-corrected chi connectivity index (χ0v) is 8.57. The molecule has 0 saturated carbocycles. The van der Waals surface area contributed by atoms with Gasteiger partial charge in [0.15, 0.2) is 0 Å². The standard InChI is InChI=1S/C10H16N2O/c1-6(2)10-11-5-9(8(4)13)7(3)12-10/h5-6,8,13H,1-4H3/t8-/m0/s1. The molecule has 3 nitrogen and oxygen atoms in total. The van der Waals surface area contributed by atoms with E-state index in [1.54, 1.807) is 13.1 Å². The van der Waals surface area contributed by atoms with Crippen molar-refractivity contribution in [1.29, 1.82) is 0 Å². The van der Waals surface area contributed by atoms with E-state index in [-0.39, 0.29) is 0 Å². The van der Waals surface area contributed by atoms with Crippen molar-refractivity contribution in [2.75, 3.05) is 0 Å². The molecule has 3 heteroatoms. The van der Waals surface area contributed by atoms with E-state index in [1.807, 2.05) is 6.92 Å². The number of hydrogen-bond acceptors (Lipinski definition) is 3. The third kappa shape index (κ3) is 2.25. The second-order valence-electron chi connectivity index (χ2n) is 3.60. The third-order valence-electron chi connectivity index (χ3n) is 2.00. The fourth-order valence-electron chi connectivity index (χ4n) is 1.18. The quantitative estimate of drug-likeness (QED) is 0.756. The first-order valence-electron chi connectivity index (χ1n) is 4.54. The molecule has 1 N–H and O–H groups in total. The minimum absolute atomic E-state index is 0.335. The lowest BCUT2D eigenvalue weighted by molar-refractivity contribution is 0.197. The molecule has 0 amide bonds. The molecule has 0 aromatic carbocycles. The molecule has 1 atom stereocenters. The first-order valence-corrected chi connectivity index (χ1v) is 4.54. The fourth-order valence-corrected chi connectivity index (χ4v) is 1.18. The first-order chi connectivity index (χ1) is 6.02. The van der Waals surface area contributed by atoms with Crippen molar-refractivity contribution in [3.8, 4) is 0 Å². The maximum atomic E-state index is 9.35. The molecule has 1 heterocycles. The minimum Gasteiger partial charge on any atom is -0.389 e. The Kier molecular flexibility index (Phi) is 2.98. The molecule has 0 fully saturated rings. The van der Waals surface area contributed by atoms with Crippen LogP contribution in [-0.2, 0) is 0 Å². The normalized spacial score (nSPS) is 13.4. The molecule has 1 rings (SSSR count). The van der Waals surface area contributed by atoms with Crippen LogP contribution >= 0.6 is 0 Å². The maximum absolute atomic E-state index is 9.35. The minimum atomic E-state index is -0.485. The molecule has 1 aromatic rings. The molecular weight excluding hydrogens is 164 g/mol. The summed E-state index contributed by atoms with van der Waals surface area (Å²) in [4.78, 5) is 8.51. The van der Waals surface area contributed by atoms with Crippen molar-refractivity contribution >= 4 is 0 Å². The van der Waals surface area contributed by atoms with Crippen LogP contribution in [0.15, 0.2) is 6.20 Å². The highest BCUT2D eigenvalue weighted by molar-refractivity contribution is 5.18. The molecule has 0 spiro atoms. The largest absolute Gasteiger partial charge is 0.389 e.